The van der Waals surface area contributed by atoms with Crippen molar-refractivity contribution < 1.29 is 9.53 Å². The lowest BCUT2D eigenvalue weighted by atomic mass is 10.1. The molecule has 1 aromatic carbocycles. The Kier molecular flexibility index (Phi) is 5.53. The molecule has 0 bridgehead atoms. The highest BCUT2D eigenvalue weighted by atomic mass is 16.5. The lowest BCUT2D eigenvalue weighted by molar-refractivity contribution is 0.0949. The van der Waals surface area contributed by atoms with Crippen LogP contribution in [0.4, 0.5) is 5.82 Å². The predicted octanol–water partition coefficient (Wildman–Crippen LogP) is 2.83. The molecule has 4 rings (SSSR count). The Hall–Kier alpha value is -2.93. The van der Waals surface area contributed by atoms with Crippen LogP contribution in [0, 0.1) is 6.92 Å². The number of anilines is 1. The highest BCUT2D eigenvalue weighted by Crippen LogP contribution is 2.18. The number of H-pyrrole nitrogens is 1. The summed E-state index contributed by atoms with van der Waals surface area (Å²) < 4.78 is 5.61. The van der Waals surface area contributed by atoms with Crippen LogP contribution >= 0.6 is 0 Å². The summed E-state index contributed by atoms with van der Waals surface area (Å²) in [4.78, 5) is 24.4. The highest BCUT2D eigenvalue weighted by Gasteiger charge is 2.16. The molecule has 3 heterocycles. The van der Waals surface area contributed by atoms with E-state index in [1.807, 2.05) is 24.4 Å². The van der Waals surface area contributed by atoms with Crippen LogP contribution < -0.4 is 10.6 Å². The van der Waals surface area contributed by atoms with E-state index in [4.69, 9.17) is 4.74 Å². The van der Waals surface area contributed by atoms with Gasteiger partial charge in [-0.25, -0.2) is 9.97 Å². The summed E-state index contributed by atoms with van der Waals surface area (Å²) >= 11 is 0. The molecular formula is C21H25N5O2. The third kappa shape index (κ3) is 4.31. The SMILES string of the molecule is Cc1nc(NCC2CCCO2)cc(C(=O)NCCc2c[nH]c3ccccc23)n1. The minimum absolute atomic E-state index is 0.189. The van der Waals surface area contributed by atoms with Gasteiger partial charge in [0.05, 0.1) is 6.10 Å². The largest absolute Gasteiger partial charge is 0.376 e. The lowest BCUT2D eigenvalue weighted by Crippen LogP contribution is -2.27. The molecule has 146 valence electrons. The van der Waals surface area contributed by atoms with Crippen LogP contribution in [-0.4, -0.2) is 46.7 Å². The number of aromatic nitrogens is 3. The molecule has 0 saturated carbocycles. The average Bonchev–Trinajstić information content (AvgIpc) is 3.36. The summed E-state index contributed by atoms with van der Waals surface area (Å²) in [5, 5.41) is 7.41. The van der Waals surface area contributed by atoms with Gasteiger partial charge in [0.15, 0.2) is 0 Å². The smallest absolute Gasteiger partial charge is 0.270 e. The molecular weight excluding hydrogens is 354 g/mol. The first-order chi connectivity index (χ1) is 13.7. The lowest BCUT2D eigenvalue weighted by Gasteiger charge is -2.12. The van der Waals surface area contributed by atoms with Crippen molar-refractivity contribution in [3.05, 3.63) is 53.6 Å². The van der Waals surface area contributed by atoms with Crippen molar-refractivity contribution in [2.45, 2.75) is 32.3 Å². The molecule has 1 saturated heterocycles. The molecule has 7 heteroatoms. The Morgan fingerprint density at radius 3 is 3.07 bits per heavy atom. The van der Waals surface area contributed by atoms with E-state index in [0.29, 0.717) is 30.4 Å². The average molecular weight is 379 g/mol. The Bertz CT molecular complexity index is 962. The van der Waals surface area contributed by atoms with Gasteiger partial charge < -0.3 is 20.4 Å². The number of carbonyl (C=O) groups excluding carboxylic acids is 1. The van der Waals surface area contributed by atoms with Gasteiger partial charge in [-0.3, -0.25) is 4.79 Å². The zero-order valence-corrected chi connectivity index (χ0v) is 16.0. The summed E-state index contributed by atoms with van der Waals surface area (Å²) in [6.45, 7) is 3.85. The predicted molar refractivity (Wildman–Crippen MR) is 109 cm³/mol. The van der Waals surface area contributed by atoms with Crippen LogP contribution in [0.2, 0.25) is 0 Å². The summed E-state index contributed by atoms with van der Waals surface area (Å²) in [6.07, 6.45) is 5.11. The molecule has 7 nitrogen and oxygen atoms in total. The van der Waals surface area contributed by atoms with Gasteiger partial charge in [0, 0.05) is 42.9 Å². The Labute approximate surface area is 163 Å². The van der Waals surface area contributed by atoms with Gasteiger partial charge >= 0.3 is 0 Å². The fourth-order valence-corrected chi connectivity index (χ4v) is 3.54. The molecule has 2 aromatic heterocycles. The molecule has 1 amide bonds. The second-order valence-corrected chi connectivity index (χ2v) is 7.07. The van der Waals surface area contributed by atoms with Gasteiger partial charge in [-0.05, 0) is 37.8 Å². The third-order valence-corrected chi connectivity index (χ3v) is 4.96. The number of hydrogen-bond donors (Lipinski definition) is 3. The van der Waals surface area contributed by atoms with Crippen LogP contribution in [0.1, 0.15) is 34.7 Å². The number of rotatable bonds is 7. The molecule has 0 aliphatic carbocycles. The Morgan fingerprint density at radius 2 is 2.21 bits per heavy atom. The van der Waals surface area contributed by atoms with Gasteiger partial charge in [-0.2, -0.15) is 0 Å². The first-order valence-corrected chi connectivity index (χ1v) is 9.73. The Balaban J connectivity index is 1.34. The molecule has 0 spiro atoms. The fourth-order valence-electron chi connectivity index (χ4n) is 3.54. The van der Waals surface area contributed by atoms with E-state index < -0.39 is 0 Å². The molecule has 1 aliphatic rings. The number of fused-ring (bicyclic) bond motifs is 1. The van der Waals surface area contributed by atoms with Crippen molar-refractivity contribution in [3.8, 4) is 0 Å². The second-order valence-electron chi connectivity index (χ2n) is 7.07. The molecule has 3 N–H and O–H groups in total. The molecule has 1 atom stereocenters. The third-order valence-electron chi connectivity index (χ3n) is 4.96. The van der Waals surface area contributed by atoms with Crippen molar-refractivity contribution in [1.29, 1.82) is 0 Å². The number of benzene rings is 1. The van der Waals surface area contributed by atoms with E-state index in [0.717, 1.165) is 31.4 Å². The van der Waals surface area contributed by atoms with Gasteiger partial charge in [0.25, 0.3) is 5.91 Å². The van der Waals surface area contributed by atoms with Crippen LogP contribution in [0.25, 0.3) is 10.9 Å². The molecule has 28 heavy (non-hydrogen) atoms. The maximum Gasteiger partial charge on any atom is 0.270 e. The number of nitrogens with zero attached hydrogens (tertiary/aromatic N) is 2. The van der Waals surface area contributed by atoms with Gasteiger partial charge in [0.2, 0.25) is 0 Å². The minimum atomic E-state index is -0.189. The van der Waals surface area contributed by atoms with E-state index in [-0.39, 0.29) is 12.0 Å². The quantitative estimate of drug-likeness (QED) is 0.587. The number of aryl methyl sites for hydroxylation is 1. The van der Waals surface area contributed by atoms with Crippen molar-refractivity contribution in [3.63, 3.8) is 0 Å². The van der Waals surface area contributed by atoms with E-state index >= 15 is 0 Å². The van der Waals surface area contributed by atoms with Crippen LogP contribution in [0.15, 0.2) is 36.5 Å². The maximum absolute atomic E-state index is 12.5. The summed E-state index contributed by atoms with van der Waals surface area (Å²) in [7, 11) is 0. The van der Waals surface area contributed by atoms with E-state index in [9.17, 15) is 4.79 Å². The van der Waals surface area contributed by atoms with E-state index in [2.05, 4.69) is 31.7 Å². The zero-order valence-electron chi connectivity index (χ0n) is 16.0. The topological polar surface area (TPSA) is 91.9 Å². The number of amides is 1. The highest BCUT2D eigenvalue weighted by molar-refractivity contribution is 5.93. The van der Waals surface area contributed by atoms with Crippen molar-refractivity contribution in [2.24, 2.45) is 0 Å². The van der Waals surface area contributed by atoms with Crippen molar-refractivity contribution in [2.75, 3.05) is 25.0 Å². The molecule has 3 aromatic rings. The van der Waals surface area contributed by atoms with Crippen LogP contribution in [0.3, 0.4) is 0 Å². The normalized spacial score (nSPS) is 16.4. The van der Waals surface area contributed by atoms with Gasteiger partial charge in [0.1, 0.15) is 17.3 Å². The Morgan fingerprint density at radius 1 is 1.32 bits per heavy atom. The fraction of sp³-hybridized carbons (Fsp3) is 0.381. The number of aromatic amines is 1. The zero-order chi connectivity index (χ0) is 19.3. The first-order valence-electron chi connectivity index (χ1n) is 9.73. The summed E-state index contributed by atoms with van der Waals surface area (Å²) in [5.41, 5.74) is 2.67. The first kappa shape index (κ1) is 18.4. The van der Waals surface area contributed by atoms with Crippen molar-refractivity contribution >= 4 is 22.6 Å². The number of hydrogen-bond acceptors (Lipinski definition) is 5. The number of nitrogens with one attached hydrogen (secondary N) is 3. The maximum atomic E-state index is 12.5. The van der Waals surface area contributed by atoms with Crippen molar-refractivity contribution in [1.82, 2.24) is 20.3 Å². The number of carbonyl (C=O) groups is 1. The second kappa shape index (κ2) is 8.39. The standard InChI is InChI=1S/C21H25N5O2/c1-14-25-19(11-20(26-14)24-13-16-5-4-10-28-16)21(27)22-9-8-15-12-23-18-7-3-2-6-17(15)18/h2-3,6-7,11-12,16,23H,4-5,8-10,13H2,1H3,(H,22,27)(H,24,25,26). The summed E-state index contributed by atoms with van der Waals surface area (Å²) in [6, 6.07) is 9.86. The molecule has 0 radical (unpaired) electrons. The van der Waals surface area contributed by atoms with Crippen LogP contribution in [-0.2, 0) is 11.2 Å². The van der Waals surface area contributed by atoms with E-state index in [1.54, 1.807) is 13.0 Å². The number of para-hydroxylation sites is 1. The van der Waals surface area contributed by atoms with Crippen LogP contribution in [0.5, 0.6) is 0 Å². The molecule has 1 fully saturated rings. The molecule has 1 unspecified atom stereocenters. The number of ether oxygens (including phenoxy) is 1. The van der Waals surface area contributed by atoms with Gasteiger partial charge in [-0.1, -0.05) is 18.2 Å². The van der Waals surface area contributed by atoms with Gasteiger partial charge in [-0.15, -0.1) is 0 Å². The molecule has 1 aliphatic heterocycles. The summed E-state index contributed by atoms with van der Waals surface area (Å²) in [5.74, 6) is 1.04. The monoisotopic (exact) mass is 379 g/mol. The van der Waals surface area contributed by atoms with E-state index in [1.165, 1.54) is 10.9 Å². The minimum Gasteiger partial charge on any atom is -0.376 e.